The Balaban J connectivity index is 0.000000845. The highest BCUT2D eigenvalue weighted by Crippen LogP contribution is 2.59. The van der Waals surface area contributed by atoms with Crippen molar-refractivity contribution in [1.29, 1.82) is 0 Å². The second kappa shape index (κ2) is 3.41. The minimum absolute atomic E-state index is 0. The molecule has 0 aromatic rings. The average molecular weight is 206 g/mol. The molecule has 2 bridgehead atoms. The van der Waals surface area contributed by atoms with E-state index in [2.05, 4.69) is 13.8 Å². The van der Waals surface area contributed by atoms with Crippen LogP contribution in [0.1, 0.15) is 26.7 Å². The molecule has 0 aromatic heterocycles. The van der Waals surface area contributed by atoms with Gasteiger partial charge in [0, 0.05) is 12.6 Å². The van der Waals surface area contributed by atoms with E-state index in [0.29, 0.717) is 17.3 Å². The maximum absolute atomic E-state index is 9.09. The first-order valence-corrected chi connectivity index (χ1v) is 4.93. The zero-order valence-corrected chi connectivity index (χ0v) is 9.18. The van der Waals surface area contributed by atoms with Crippen molar-refractivity contribution in [2.75, 3.05) is 6.61 Å². The number of rotatable bonds is 1. The van der Waals surface area contributed by atoms with Crippen molar-refractivity contribution in [3.8, 4) is 0 Å². The Hall–Kier alpha value is 0.210. The van der Waals surface area contributed by atoms with Gasteiger partial charge in [0.05, 0.1) is 0 Å². The van der Waals surface area contributed by atoms with Gasteiger partial charge in [-0.15, -0.1) is 12.4 Å². The average Bonchev–Trinajstić information content (AvgIpc) is 2.03. The summed E-state index contributed by atoms with van der Waals surface area (Å²) in [6.45, 7) is 4.92. The van der Waals surface area contributed by atoms with Crippen LogP contribution in [-0.2, 0) is 0 Å². The lowest BCUT2D eigenvalue weighted by atomic mass is 9.45. The van der Waals surface area contributed by atoms with E-state index in [1.54, 1.807) is 0 Å². The van der Waals surface area contributed by atoms with Gasteiger partial charge in [0.25, 0.3) is 0 Å². The zero-order chi connectivity index (χ0) is 8.93. The number of aliphatic hydroxyl groups excluding tert-OH is 1. The van der Waals surface area contributed by atoms with Gasteiger partial charge in [-0.1, -0.05) is 13.8 Å². The summed E-state index contributed by atoms with van der Waals surface area (Å²) in [5, 5.41) is 9.09. The molecule has 3 aliphatic carbocycles. The molecule has 3 heteroatoms. The number of hydrogen-bond acceptors (Lipinski definition) is 2. The summed E-state index contributed by atoms with van der Waals surface area (Å²) in [7, 11) is 0. The number of fused-ring (bicyclic) bond motifs is 2. The van der Waals surface area contributed by atoms with Crippen molar-refractivity contribution < 1.29 is 5.11 Å². The number of hydrogen-bond donors (Lipinski definition) is 2. The molecule has 3 saturated carbocycles. The summed E-state index contributed by atoms with van der Waals surface area (Å²) in [6.07, 6.45) is 2.44. The molecule has 3 aliphatic rings. The number of nitrogens with two attached hydrogens (primary N) is 1. The van der Waals surface area contributed by atoms with Crippen molar-refractivity contribution in [1.82, 2.24) is 0 Å². The molecule has 0 radical (unpaired) electrons. The van der Waals surface area contributed by atoms with Crippen LogP contribution in [0.15, 0.2) is 0 Å². The van der Waals surface area contributed by atoms with Gasteiger partial charge in [0.15, 0.2) is 0 Å². The predicted octanol–water partition coefficient (Wildman–Crippen LogP) is 1.41. The van der Waals surface area contributed by atoms with Crippen molar-refractivity contribution in [3.63, 3.8) is 0 Å². The minimum atomic E-state index is 0. The van der Waals surface area contributed by atoms with Crippen molar-refractivity contribution in [2.45, 2.75) is 32.7 Å². The zero-order valence-electron chi connectivity index (χ0n) is 8.36. The minimum Gasteiger partial charge on any atom is -0.396 e. The molecule has 3 N–H and O–H groups in total. The molecule has 3 rings (SSSR count). The van der Waals surface area contributed by atoms with E-state index in [-0.39, 0.29) is 25.1 Å². The molecule has 0 unspecified atom stereocenters. The van der Waals surface area contributed by atoms with E-state index < -0.39 is 0 Å². The molecule has 78 valence electrons. The molecule has 0 amide bonds. The first-order valence-electron chi connectivity index (χ1n) is 4.93. The molecule has 0 heterocycles. The topological polar surface area (TPSA) is 46.2 Å². The summed E-state index contributed by atoms with van der Waals surface area (Å²) in [5.74, 6) is 1.86. The Kier molecular flexibility index (Phi) is 2.96. The Morgan fingerprint density at radius 3 is 2.38 bits per heavy atom. The molecular weight excluding hydrogens is 186 g/mol. The molecular formula is C10H20ClNO. The van der Waals surface area contributed by atoms with Crippen molar-refractivity contribution in [3.05, 3.63) is 0 Å². The molecule has 0 aliphatic heterocycles. The summed E-state index contributed by atoms with van der Waals surface area (Å²) in [4.78, 5) is 0. The van der Waals surface area contributed by atoms with Gasteiger partial charge in [-0.05, 0) is 36.0 Å². The third-order valence-electron chi connectivity index (χ3n) is 4.38. The lowest BCUT2D eigenvalue weighted by Gasteiger charge is -2.61. The monoisotopic (exact) mass is 205 g/mol. The van der Waals surface area contributed by atoms with Crippen LogP contribution in [0, 0.1) is 23.2 Å². The smallest absolute Gasteiger partial charge is 0.0474 e. The fourth-order valence-corrected chi connectivity index (χ4v) is 3.16. The first kappa shape index (κ1) is 11.3. The highest BCUT2D eigenvalue weighted by Gasteiger charge is 2.56. The molecule has 13 heavy (non-hydrogen) atoms. The van der Waals surface area contributed by atoms with E-state index in [9.17, 15) is 0 Å². The van der Waals surface area contributed by atoms with Crippen molar-refractivity contribution >= 4 is 12.4 Å². The lowest BCUT2D eigenvalue weighted by Crippen LogP contribution is -2.61. The van der Waals surface area contributed by atoms with Gasteiger partial charge < -0.3 is 10.8 Å². The van der Waals surface area contributed by atoms with Gasteiger partial charge in [-0.3, -0.25) is 0 Å². The third kappa shape index (κ3) is 1.39. The van der Waals surface area contributed by atoms with Crippen LogP contribution in [0.5, 0.6) is 0 Å². The Labute approximate surface area is 86.3 Å². The summed E-state index contributed by atoms with van der Waals surface area (Å²) >= 11 is 0. The van der Waals surface area contributed by atoms with Crippen LogP contribution in [0.25, 0.3) is 0 Å². The molecule has 0 saturated heterocycles. The standard InChI is InChI=1S/C10H19NO.ClH/c1-10(2)7-3-6(5-12)9(11)8(10)4-7;/h6-9,12H,3-5,11H2,1-2H3;1H/t6-,7+,8+,9+;/m1./s1. The summed E-state index contributed by atoms with van der Waals surface area (Å²) < 4.78 is 0. The summed E-state index contributed by atoms with van der Waals surface area (Å²) in [5.41, 5.74) is 6.54. The van der Waals surface area contributed by atoms with Gasteiger partial charge >= 0.3 is 0 Å². The third-order valence-corrected chi connectivity index (χ3v) is 4.38. The van der Waals surface area contributed by atoms with Gasteiger partial charge in [0.1, 0.15) is 0 Å². The van der Waals surface area contributed by atoms with Gasteiger partial charge in [-0.25, -0.2) is 0 Å². The highest BCUT2D eigenvalue weighted by molar-refractivity contribution is 5.85. The largest absolute Gasteiger partial charge is 0.396 e. The van der Waals surface area contributed by atoms with Crippen LogP contribution in [0.4, 0.5) is 0 Å². The molecule has 0 spiro atoms. The van der Waals surface area contributed by atoms with Crippen molar-refractivity contribution in [2.24, 2.45) is 28.9 Å². The van der Waals surface area contributed by atoms with Crippen LogP contribution in [0.3, 0.4) is 0 Å². The van der Waals surface area contributed by atoms with Crippen LogP contribution < -0.4 is 5.73 Å². The summed E-state index contributed by atoms with van der Waals surface area (Å²) in [6, 6.07) is 0.245. The predicted molar refractivity (Wildman–Crippen MR) is 55.8 cm³/mol. The van der Waals surface area contributed by atoms with Gasteiger partial charge in [-0.2, -0.15) is 0 Å². The SMILES string of the molecule is CC1(C)[C@H]2C[C@H](CO)[C@H](N)[C@@H]1C2.Cl. The van der Waals surface area contributed by atoms with Crippen LogP contribution in [0.2, 0.25) is 0 Å². The molecule has 4 atom stereocenters. The van der Waals surface area contributed by atoms with Crippen LogP contribution >= 0.6 is 12.4 Å². The number of aliphatic hydroxyl groups is 1. The van der Waals surface area contributed by atoms with E-state index in [1.165, 1.54) is 6.42 Å². The molecule has 0 aromatic carbocycles. The van der Waals surface area contributed by atoms with Crippen LogP contribution in [-0.4, -0.2) is 17.8 Å². The van der Waals surface area contributed by atoms with E-state index >= 15 is 0 Å². The Bertz CT molecular complexity index is 195. The normalized spacial score (nSPS) is 46.2. The van der Waals surface area contributed by atoms with E-state index in [1.807, 2.05) is 0 Å². The Morgan fingerprint density at radius 1 is 1.38 bits per heavy atom. The first-order chi connectivity index (χ1) is 5.57. The van der Waals surface area contributed by atoms with Gasteiger partial charge in [0.2, 0.25) is 0 Å². The fraction of sp³-hybridized carbons (Fsp3) is 1.00. The maximum atomic E-state index is 9.09. The van der Waals surface area contributed by atoms with E-state index in [0.717, 1.165) is 12.3 Å². The molecule has 2 nitrogen and oxygen atoms in total. The quantitative estimate of drug-likeness (QED) is 0.680. The molecule has 3 fully saturated rings. The maximum Gasteiger partial charge on any atom is 0.0474 e. The second-order valence-electron chi connectivity index (χ2n) is 5.12. The highest BCUT2D eigenvalue weighted by atomic mass is 35.5. The number of halogens is 1. The van der Waals surface area contributed by atoms with E-state index in [4.69, 9.17) is 10.8 Å². The second-order valence-corrected chi connectivity index (χ2v) is 5.12. The lowest BCUT2D eigenvalue weighted by molar-refractivity contribution is -0.113. The fourth-order valence-electron chi connectivity index (χ4n) is 3.16. The Morgan fingerprint density at radius 2 is 2.00 bits per heavy atom.